The maximum absolute atomic E-state index is 13.3. The Morgan fingerprint density at radius 1 is 1.60 bits per heavy atom. The summed E-state index contributed by atoms with van der Waals surface area (Å²) in [7, 11) is 0. The van der Waals surface area contributed by atoms with Gasteiger partial charge in [0, 0.05) is 0 Å². The minimum atomic E-state index is -1.11. The van der Waals surface area contributed by atoms with E-state index in [2.05, 4.69) is 6.58 Å². The molecule has 1 aromatic rings. The molecule has 15 heavy (non-hydrogen) atoms. The van der Waals surface area contributed by atoms with Crippen molar-refractivity contribution in [2.75, 3.05) is 6.61 Å². The van der Waals surface area contributed by atoms with Crippen LogP contribution < -0.4 is 0 Å². The molecule has 0 amide bonds. The fraction of sp³-hybridized carbons (Fsp3) is 0.182. The molecule has 3 nitrogen and oxygen atoms in total. The van der Waals surface area contributed by atoms with Gasteiger partial charge in [0.15, 0.2) is 0 Å². The number of carboxylic acids is 1. The normalized spacial score (nSPS) is 9.73. The summed E-state index contributed by atoms with van der Waals surface area (Å²) >= 11 is 0. The molecule has 0 aromatic heterocycles. The SMILES string of the molecule is C=C(OCC)c1cc(C(=O)O)ccc1F. The molecule has 0 saturated heterocycles. The van der Waals surface area contributed by atoms with Crippen LogP contribution in [-0.2, 0) is 4.74 Å². The number of carboxylic acid groups (broad SMARTS) is 1. The first-order valence-corrected chi connectivity index (χ1v) is 4.41. The van der Waals surface area contributed by atoms with E-state index in [1.54, 1.807) is 6.92 Å². The fourth-order valence-corrected chi connectivity index (χ4v) is 1.12. The van der Waals surface area contributed by atoms with Gasteiger partial charge in [-0.05, 0) is 25.1 Å². The molecule has 0 aliphatic carbocycles. The molecule has 0 fully saturated rings. The Bertz CT molecular complexity index is 399. The molecule has 4 heteroatoms. The van der Waals surface area contributed by atoms with Crippen molar-refractivity contribution in [3.63, 3.8) is 0 Å². The van der Waals surface area contributed by atoms with Crippen molar-refractivity contribution >= 4 is 11.7 Å². The van der Waals surface area contributed by atoms with Crippen LogP contribution in [0.2, 0.25) is 0 Å². The Morgan fingerprint density at radius 2 is 2.27 bits per heavy atom. The van der Waals surface area contributed by atoms with Gasteiger partial charge in [-0.1, -0.05) is 6.58 Å². The van der Waals surface area contributed by atoms with E-state index >= 15 is 0 Å². The van der Waals surface area contributed by atoms with E-state index in [9.17, 15) is 9.18 Å². The van der Waals surface area contributed by atoms with Gasteiger partial charge in [-0.2, -0.15) is 0 Å². The average Bonchev–Trinajstić information content (AvgIpc) is 2.18. The van der Waals surface area contributed by atoms with Crippen molar-refractivity contribution in [1.82, 2.24) is 0 Å². The summed E-state index contributed by atoms with van der Waals surface area (Å²) < 4.78 is 18.3. The molecule has 0 heterocycles. The summed E-state index contributed by atoms with van der Waals surface area (Å²) in [5.74, 6) is -1.52. The molecular formula is C11H11FO3. The van der Waals surface area contributed by atoms with Crippen LogP contribution >= 0.6 is 0 Å². The van der Waals surface area contributed by atoms with Gasteiger partial charge in [-0.15, -0.1) is 0 Å². The van der Waals surface area contributed by atoms with E-state index in [4.69, 9.17) is 9.84 Å². The third-order valence-electron chi connectivity index (χ3n) is 1.83. The minimum Gasteiger partial charge on any atom is -0.494 e. The zero-order valence-electron chi connectivity index (χ0n) is 8.29. The first-order valence-electron chi connectivity index (χ1n) is 4.41. The number of halogens is 1. The monoisotopic (exact) mass is 210 g/mol. The highest BCUT2D eigenvalue weighted by molar-refractivity contribution is 5.88. The highest BCUT2D eigenvalue weighted by atomic mass is 19.1. The van der Waals surface area contributed by atoms with Crippen molar-refractivity contribution in [1.29, 1.82) is 0 Å². The van der Waals surface area contributed by atoms with E-state index in [1.165, 1.54) is 12.1 Å². The second-order valence-corrected chi connectivity index (χ2v) is 2.86. The minimum absolute atomic E-state index is 0.00672. The van der Waals surface area contributed by atoms with Gasteiger partial charge in [-0.25, -0.2) is 9.18 Å². The first-order chi connectivity index (χ1) is 7.06. The van der Waals surface area contributed by atoms with Gasteiger partial charge >= 0.3 is 5.97 Å². The van der Waals surface area contributed by atoms with Crippen molar-refractivity contribution < 1.29 is 19.0 Å². The van der Waals surface area contributed by atoms with Gasteiger partial charge in [0.25, 0.3) is 0 Å². The van der Waals surface area contributed by atoms with E-state index in [0.29, 0.717) is 6.61 Å². The lowest BCUT2D eigenvalue weighted by Crippen LogP contribution is -2.00. The Labute approximate surface area is 86.8 Å². The van der Waals surface area contributed by atoms with Crippen molar-refractivity contribution in [3.8, 4) is 0 Å². The zero-order valence-corrected chi connectivity index (χ0v) is 8.29. The molecule has 0 atom stereocenters. The summed E-state index contributed by atoms with van der Waals surface area (Å²) in [6.45, 7) is 5.62. The smallest absolute Gasteiger partial charge is 0.335 e. The number of ether oxygens (including phenoxy) is 1. The Kier molecular flexibility index (Phi) is 3.44. The Hall–Kier alpha value is -1.84. The molecule has 80 valence electrons. The van der Waals surface area contributed by atoms with Crippen LogP contribution in [-0.4, -0.2) is 17.7 Å². The second kappa shape index (κ2) is 4.59. The molecule has 0 saturated carbocycles. The first kappa shape index (κ1) is 11.2. The van der Waals surface area contributed by atoms with Crippen molar-refractivity contribution in [2.24, 2.45) is 0 Å². The molecule has 0 bridgehead atoms. The number of aromatic carboxylic acids is 1. The van der Waals surface area contributed by atoms with E-state index < -0.39 is 11.8 Å². The summed E-state index contributed by atoms with van der Waals surface area (Å²) in [6.07, 6.45) is 0. The van der Waals surface area contributed by atoms with Crippen LogP contribution in [0.1, 0.15) is 22.8 Å². The molecule has 0 aliphatic rings. The molecule has 0 spiro atoms. The molecule has 0 aliphatic heterocycles. The average molecular weight is 210 g/mol. The molecule has 0 unspecified atom stereocenters. The van der Waals surface area contributed by atoms with Gasteiger partial charge in [0.1, 0.15) is 11.6 Å². The van der Waals surface area contributed by atoms with E-state index in [1.807, 2.05) is 0 Å². The number of hydrogen-bond donors (Lipinski definition) is 1. The molecule has 1 N–H and O–H groups in total. The van der Waals surface area contributed by atoms with Crippen LogP contribution in [0, 0.1) is 5.82 Å². The van der Waals surface area contributed by atoms with Gasteiger partial charge in [0.2, 0.25) is 0 Å². The third-order valence-corrected chi connectivity index (χ3v) is 1.83. The fourth-order valence-electron chi connectivity index (χ4n) is 1.12. The Balaban J connectivity index is 3.10. The summed E-state index contributed by atoms with van der Waals surface area (Å²) in [5, 5.41) is 8.72. The maximum atomic E-state index is 13.3. The van der Waals surface area contributed by atoms with Crippen LogP contribution in [0.15, 0.2) is 24.8 Å². The molecule has 0 radical (unpaired) electrons. The van der Waals surface area contributed by atoms with Gasteiger partial charge in [0.05, 0.1) is 17.7 Å². The number of benzene rings is 1. The molecule has 1 aromatic carbocycles. The Morgan fingerprint density at radius 3 is 2.80 bits per heavy atom. The van der Waals surface area contributed by atoms with Crippen molar-refractivity contribution in [2.45, 2.75) is 6.92 Å². The van der Waals surface area contributed by atoms with Crippen LogP contribution in [0.3, 0.4) is 0 Å². The predicted molar refractivity (Wildman–Crippen MR) is 54.0 cm³/mol. The highest BCUT2D eigenvalue weighted by Gasteiger charge is 2.11. The van der Waals surface area contributed by atoms with Gasteiger partial charge in [-0.3, -0.25) is 0 Å². The van der Waals surface area contributed by atoms with Crippen LogP contribution in [0.25, 0.3) is 5.76 Å². The van der Waals surface area contributed by atoms with Crippen LogP contribution in [0.4, 0.5) is 4.39 Å². The number of rotatable bonds is 4. The quantitative estimate of drug-likeness (QED) is 0.777. The lowest BCUT2D eigenvalue weighted by molar-refractivity contribution is 0.0697. The maximum Gasteiger partial charge on any atom is 0.335 e. The zero-order chi connectivity index (χ0) is 11.4. The standard InChI is InChI=1S/C11H11FO3/c1-3-15-7(2)9-6-8(11(13)14)4-5-10(9)12/h4-6H,2-3H2,1H3,(H,13,14). The van der Waals surface area contributed by atoms with E-state index in [-0.39, 0.29) is 16.9 Å². The largest absolute Gasteiger partial charge is 0.494 e. The highest BCUT2D eigenvalue weighted by Crippen LogP contribution is 2.19. The molecule has 1 rings (SSSR count). The van der Waals surface area contributed by atoms with Gasteiger partial charge < -0.3 is 9.84 Å². The van der Waals surface area contributed by atoms with E-state index in [0.717, 1.165) is 6.07 Å². The predicted octanol–water partition coefficient (Wildman–Crippen LogP) is 2.53. The topological polar surface area (TPSA) is 46.5 Å². The third kappa shape index (κ3) is 2.56. The summed E-state index contributed by atoms with van der Waals surface area (Å²) in [6, 6.07) is 3.49. The lowest BCUT2D eigenvalue weighted by atomic mass is 10.1. The number of hydrogen-bond acceptors (Lipinski definition) is 2. The number of carbonyl (C=O) groups is 1. The lowest BCUT2D eigenvalue weighted by Gasteiger charge is -2.08. The van der Waals surface area contributed by atoms with Crippen molar-refractivity contribution in [3.05, 3.63) is 41.7 Å². The summed E-state index contributed by atoms with van der Waals surface area (Å²) in [5.41, 5.74) is 0.0870. The second-order valence-electron chi connectivity index (χ2n) is 2.86. The molecular weight excluding hydrogens is 199 g/mol. The summed E-state index contributed by atoms with van der Waals surface area (Å²) in [4.78, 5) is 10.7. The van der Waals surface area contributed by atoms with Crippen LogP contribution in [0.5, 0.6) is 0 Å².